The summed E-state index contributed by atoms with van der Waals surface area (Å²) < 4.78 is 0. The van der Waals surface area contributed by atoms with E-state index in [0.717, 1.165) is 10.1 Å². The zero-order valence-electron chi connectivity index (χ0n) is 6.71. The molecule has 0 aliphatic rings. The Morgan fingerprint density at radius 2 is 1.20 bits per heavy atom. The first-order valence-electron chi connectivity index (χ1n) is 2.82. The maximum absolute atomic E-state index is 4.08. The quantitative estimate of drug-likeness (QED) is 0.415. The van der Waals surface area contributed by atoms with Crippen LogP contribution in [0.2, 0.25) is 0 Å². The van der Waals surface area contributed by atoms with Gasteiger partial charge in [-0.2, -0.15) is 0 Å². The standard InChI is InChI=1S/C6H12N2S2/c1-7-5(9-3)6(8-2)10-4/h1-4H3. The molecule has 2 nitrogen and oxygen atoms in total. The number of thioether (sulfide) groups is 2. The molecule has 0 N–H and O–H groups in total. The molecule has 0 amide bonds. The zero-order chi connectivity index (χ0) is 7.98. The Morgan fingerprint density at radius 1 is 0.900 bits per heavy atom. The molecule has 0 spiro atoms. The lowest BCUT2D eigenvalue weighted by Crippen LogP contribution is -2.04. The average Bonchev–Trinajstić information content (AvgIpc) is 2.00. The van der Waals surface area contributed by atoms with Crippen LogP contribution in [0.15, 0.2) is 9.98 Å². The van der Waals surface area contributed by atoms with Crippen molar-refractivity contribution in [2.45, 2.75) is 0 Å². The second kappa shape index (κ2) is 5.80. The molecule has 0 aromatic heterocycles. The average molecular weight is 176 g/mol. The molecule has 0 aromatic carbocycles. The van der Waals surface area contributed by atoms with E-state index in [9.17, 15) is 0 Å². The highest BCUT2D eigenvalue weighted by Gasteiger charge is 2.02. The van der Waals surface area contributed by atoms with Gasteiger partial charge < -0.3 is 0 Å². The molecule has 4 heteroatoms. The summed E-state index contributed by atoms with van der Waals surface area (Å²) in [5, 5.41) is 2.02. The Morgan fingerprint density at radius 3 is 1.30 bits per heavy atom. The molecule has 0 heterocycles. The molecule has 0 radical (unpaired) electrons. The Hall–Kier alpha value is 0.0400. The van der Waals surface area contributed by atoms with E-state index in [1.165, 1.54) is 0 Å². The van der Waals surface area contributed by atoms with Gasteiger partial charge in [-0.15, -0.1) is 23.5 Å². The van der Waals surface area contributed by atoms with E-state index in [1.807, 2.05) is 12.5 Å². The molecule has 58 valence electrons. The molecular weight excluding hydrogens is 164 g/mol. The minimum atomic E-state index is 1.01. The molecule has 0 bridgehead atoms. The van der Waals surface area contributed by atoms with Crippen molar-refractivity contribution < 1.29 is 0 Å². The highest BCUT2D eigenvalue weighted by Crippen LogP contribution is 2.08. The molecule has 0 aliphatic heterocycles. The lowest BCUT2D eigenvalue weighted by Gasteiger charge is -2.00. The van der Waals surface area contributed by atoms with Crippen LogP contribution in [0, 0.1) is 0 Å². The highest BCUT2D eigenvalue weighted by molar-refractivity contribution is 8.24. The predicted molar refractivity (Wildman–Crippen MR) is 53.7 cm³/mol. The van der Waals surface area contributed by atoms with Crippen LogP contribution in [0.4, 0.5) is 0 Å². The van der Waals surface area contributed by atoms with Crippen LogP contribution in [0.5, 0.6) is 0 Å². The Balaban J connectivity index is 4.27. The molecule has 0 atom stereocenters. The monoisotopic (exact) mass is 176 g/mol. The van der Waals surface area contributed by atoms with E-state index in [2.05, 4.69) is 9.98 Å². The minimum Gasteiger partial charge on any atom is -0.279 e. The number of rotatable bonds is 0. The van der Waals surface area contributed by atoms with Crippen molar-refractivity contribution >= 4 is 33.6 Å². The second-order valence-electron chi connectivity index (χ2n) is 1.47. The van der Waals surface area contributed by atoms with Crippen molar-refractivity contribution in [3.8, 4) is 0 Å². The van der Waals surface area contributed by atoms with Crippen LogP contribution < -0.4 is 0 Å². The first kappa shape index (κ1) is 10.0. The van der Waals surface area contributed by atoms with Gasteiger partial charge in [0.25, 0.3) is 0 Å². The van der Waals surface area contributed by atoms with Gasteiger partial charge in [-0.05, 0) is 12.5 Å². The van der Waals surface area contributed by atoms with E-state index in [1.54, 1.807) is 37.6 Å². The topological polar surface area (TPSA) is 24.7 Å². The van der Waals surface area contributed by atoms with E-state index in [4.69, 9.17) is 0 Å². The van der Waals surface area contributed by atoms with E-state index < -0.39 is 0 Å². The van der Waals surface area contributed by atoms with Gasteiger partial charge in [-0.3, -0.25) is 9.98 Å². The first-order valence-corrected chi connectivity index (χ1v) is 5.27. The molecule has 0 unspecified atom stereocenters. The Bertz CT molecular complexity index is 134. The third kappa shape index (κ3) is 2.75. The van der Waals surface area contributed by atoms with Crippen LogP contribution in [0.1, 0.15) is 0 Å². The fourth-order valence-electron chi connectivity index (χ4n) is 0.548. The van der Waals surface area contributed by atoms with Gasteiger partial charge >= 0.3 is 0 Å². The maximum Gasteiger partial charge on any atom is 0.122 e. The molecule has 0 saturated heterocycles. The van der Waals surface area contributed by atoms with Crippen LogP contribution in [0.25, 0.3) is 0 Å². The van der Waals surface area contributed by atoms with Gasteiger partial charge in [0, 0.05) is 14.1 Å². The van der Waals surface area contributed by atoms with Crippen LogP contribution >= 0.6 is 23.5 Å². The fraction of sp³-hybridized carbons (Fsp3) is 0.667. The smallest absolute Gasteiger partial charge is 0.122 e. The molecule has 0 fully saturated rings. The van der Waals surface area contributed by atoms with E-state index >= 15 is 0 Å². The summed E-state index contributed by atoms with van der Waals surface area (Å²) >= 11 is 3.25. The third-order valence-electron chi connectivity index (χ3n) is 0.976. The summed E-state index contributed by atoms with van der Waals surface area (Å²) in [6, 6.07) is 0. The van der Waals surface area contributed by atoms with Crippen LogP contribution in [0.3, 0.4) is 0 Å². The van der Waals surface area contributed by atoms with Crippen LogP contribution in [-0.4, -0.2) is 36.7 Å². The van der Waals surface area contributed by atoms with Gasteiger partial charge in [-0.25, -0.2) is 0 Å². The lowest BCUT2D eigenvalue weighted by molar-refractivity contribution is 1.45. The molecule has 0 rings (SSSR count). The predicted octanol–water partition coefficient (Wildman–Crippen LogP) is 1.77. The van der Waals surface area contributed by atoms with Gasteiger partial charge in [-0.1, -0.05) is 0 Å². The van der Waals surface area contributed by atoms with Gasteiger partial charge in [0.2, 0.25) is 0 Å². The van der Waals surface area contributed by atoms with Crippen molar-refractivity contribution in [1.29, 1.82) is 0 Å². The Kier molecular flexibility index (Phi) is 5.82. The molecule has 0 saturated carbocycles. The van der Waals surface area contributed by atoms with Gasteiger partial charge in [0.1, 0.15) is 10.1 Å². The molecule has 0 aromatic rings. The first-order chi connectivity index (χ1) is 4.79. The maximum atomic E-state index is 4.08. The summed E-state index contributed by atoms with van der Waals surface area (Å²) in [6.45, 7) is 0. The summed E-state index contributed by atoms with van der Waals surface area (Å²) in [5.74, 6) is 0. The van der Waals surface area contributed by atoms with Crippen molar-refractivity contribution in [2.75, 3.05) is 26.6 Å². The van der Waals surface area contributed by atoms with Gasteiger partial charge in [0.05, 0.1) is 0 Å². The number of nitrogens with zero attached hydrogens (tertiary/aromatic N) is 2. The minimum absolute atomic E-state index is 1.01. The van der Waals surface area contributed by atoms with E-state index in [0.29, 0.717) is 0 Å². The van der Waals surface area contributed by atoms with Crippen molar-refractivity contribution in [2.24, 2.45) is 9.98 Å². The highest BCUT2D eigenvalue weighted by atomic mass is 32.2. The SMILES string of the molecule is CN=C(SC)C(=NC)SC. The normalized spacial score (nSPS) is 14.0. The zero-order valence-corrected chi connectivity index (χ0v) is 8.34. The summed E-state index contributed by atoms with van der Waals surface area (Å²) in [5.41, 5.74) is 0. The number of hydrogen-bond donors (Lipinski definition) is 0. The van der Waals surface area contributed by atoms with Crippen molar-refractivity contribution in [1.82, 2.24) is 0 Å². The largest absolute Gasteiger partial charge is 0.279 e. The summed E-state index contributed by atoms with van der Waals surface area (Å²) in [4.78, 5) is 8.15. The fourth-order valence-corrected chi connectivity index (χ4v) is 1.95. The summed E-state index contributed by atoms with van der Waals surface area (Å²) in [6.07, 6.45) is 4.01. The number of hydrogen-bond acceptors (Lipinski definition) is 4. The molecular formula is C6H12N2S2. The third-order valence-corrected chi connectivity index (χ3v) is 2.63. The Labute approximate surface area is 70.6 Å². The van der Waals surface area contributed by atoms with Crippen molar-refractivity contribution in [3.63, 3.8) is 0 Å². The molecule has 10 heavy (non-hydrogen) atoms. The number of aliphatic imine (C=N–C) groups is 2. The lowest BCUT2D eigenvalue weighted by atomic mass is 10.8. The molecule has 0 aliphatic carbocycles. The second-order valence-corrected chi connectivity index (χ2v) is 3.06. The van der Waals surface area contributed by atoms with Gasteiger partial charge in [0.15, 0.2) is 0 Å². The van der Waals surface area contributed by atoms with Crippen LogP contribution in [-0.2, 0) is 0 Å². The van der Waals surface area contributed by atoms with E-state index in [-0.39, 0.29) is 0 Å². The summed E-state index contributed by atoms with van der Waals surface area (Å²) in [7, 11) is 3.57. The van der Waals surface area contributed by atoms with Crippen molar-refractivity contribution in [3.05, 3.63) is 0 Å².